The van der Waals surface area contributed by atoms with Crippen LogP contribution in [-0.4, -0.2) is 43.6 Å². The Morgan fingerprint density at radius 2 is 1.85 bits per heavy atom. The van der Waals surface area contributed by atoms with E-state index in [2.05, 4.69) is 15.4 Å². The molecule has 2 aromatic carbocycles. The van der Waals surface area contributed by atoms with Crippen molar-refractivity contribution in [2.45, 2.75) is 13.0 Å². The van der Waals surface area contributed by atoms with Crippen LogP contribution in [0.5, 0.6) is 5.75 Å². The van der Waals surface area contributed by atoms with E-state index in [1.165, 1.54) is 12.1 Å². The number of para-hydroxylation sites is 1. The summed E-state index contributed by atoms with van der Waals surface area (Å²) in [7, 11) is 0. The second-order valence-corrected chi connectivity index (χ2v) is 5.97. The van der Waals surface area contributed by atoms with Crippen LogP contribution < -0.4 is 15.4 Å². The van der Waals surface area contributed by atoms with Gasteiger partial charge in [-0.05, 0) is 49.4 Å². The molecule has 1 heterocycles. The quantitative estimate of drug-likeness (QED) is 0.856. The van der Waals surface area contributed by atoms with Gasteiger partial charge in [0.05, 0.1) is 11.3 Å². The van der Waals surface area contributed by atoms with Crippen LogP contribution in [0.4, 0.5) is 20.2 Å². The summed E-state index contributed by atoms with van der Waals surface area (Å²) in [6.45, 7) is 0.242. The minimum atomic E-state index is -2.85. The Balaban J connectivity index is 1.75. The molecule has 7 heteroatoms. The lowest BCUT2D eigenvalue weighted by Gasteiger charge is -2.22. The number of hydrogen-bond donors (Lipinski definition) is 2. The summed E-state index contributed by atoms with van der Waals surface area (Å²) in [6.07, 6.45) is 0.924. The van der Waals surface area contributed by atoms with E-state index in [9.17, 15) is 13.6 Å². The number of amides is 1. The Hall–Kier alpha value is -2.67. The van der Waals surface area contributed by atoms with Crippen molar-refractivity contribution in [3.8, 4) is 5.75 Å². The van der Waals surface area contributed by atoms with E-state index >= 15 is 0 Å². The zero-order chi connectivity index (χ0) is 18.4. The smallest absolute Gasteiger partial charge is 0.387 e. The lowest BCUT2D eigenvalue weighted by molar-refractivity contribution is -0.0498. The van der Waals surface area contributed by atoms with Crippen molar-refractivity contribution in [3.63, 3.8) is 0 Å². The molecule has 5 nitrogen and oxygen atoms in total. The molecule has 1 aliphatic heterocycles. The number of alkyl halides is 2. The predicted octanol–water partition coefficient (Wildman–Crippen LogP) is 3.47. The summed E-state index contributed by atoms with van der Waals surface area (Å²) in [4.78, 5) is 14.7. The molecule has 2 aromatic rings. The number of halogens is 2. The lowest BCUT2D eigenvalue weighted by atomic mass is 10.1. The van der Waals surface area contributed by atoms with Crippen molar-refractivity contribution in [1.29, 1.82) is 0 Å². The van der Waals surface area contributed by atoms with Gasteiger partial charge in [0, 0.05) is 25.3 Å². The second kappa shape index (κ2) is 8.62. The van der Waals surface area contributed by atoms with Gasteiger partial charge in [-0.25, -0.2) is 0 Å². The summed E-state index contributed by atoms with van der Waals surface area (Å²) >= 11 is 0. The molecule has 0 saturated carbocycles. The molecule has 0 unspecified atom stereocenters. The molecule has 0 aliphatic carbocycles. The van der Waals surface area contributed by atoms with Crippen molar-refractivity contribution < 1.29 is 18.3 Å². The standard InChI is InChI=1S/C19H21F2N3O2/c20-19(21)26-15-8-6-14(7-9-15)23-17-5-2-1-4-16(17)18(25)24-12-3-10-22-11-13-24/h1-2,4-9,19,22-23H,3,10-13H2. The summed E-state index contributed by atoms with van der Waals surface area (Å²) in [5.41, 5.74) is 1.95. The first-order chi connectivity index (χ1) is 12.6. The molecular formula is C19H21F2N3O2. The maximum atomic E-state index is 12.9. The molecule has 0 bridgehead atoms. The first-order valence-electron chi connectivity index (χ1n) is 8.54. The predicted molar refractivity (Wildman–Crippen MR) is 96.2 cm³/mol. The molecule has 1 aliphatic rings. The molecule has 1 amide bonds. The number of hydrogen-bond acceptors (Lipinski definition) is 4. The molecule has 2 N–H and O–H groups in total. The van der Waals surface area contributed by atoms with E-state index in [0.29, 0.717) is 23.5 Å². The van der Waals surface area contributed by atoms with E-state index in [1.54, 1.807) is 18.2 Å². The van der Waals surface area contributed by atoms with Crippen LogP contribution in [0.2, 0.25) is 0 Å². The van der Waals surface area contributed by atoms with Gasteiger partial charge in [0.2, 0.25) is 0 Å². The largest absolute Gasteiger partial charge is 0.435 e. The third-order valence-corrected chi connectivity index (χ3v) is 4.14. The number of nitrogens with zero attached hydrogens (tertiary/aromatic N) is 1. The van der Waals surface area contributed by atoms with Crippen molar-refractivity contribution >= 4 is 17.3 Å². The van der Waals surface area contributed by atoms with Gasteiger partial charge in [0.15, 0.2) is 0 Å². The highest BCUT2D eigenvalue weighted by Crippen LogP contribution is 2.24. The maximum absolute atomic E-state index is 12.9. The fourth-order valence-corrected chi connectivity index (χ4v) is 2.87. The molecule has 3 rings (SSSR count). The highest BCUT2D eigenvalue weighted by atomic mass is 19.3. The van der Waals surface area contributed by atoms with Gasteiger partial charge in [-0.2, -0.15) is 8.78 Å². The van der Waals surface area contributed by atoms with Crippen molar-refractivity contribution in [3.05, 3.63) is 54.1 Å². The average Bonchev–Trinajstić information content (AvgIpc) is 2.92. The maximum Gasteiger partial charge on any atom is 0.387 e. The van der Waals surface area contributed by atoms with Gasteiger partial charge in [0.1, 0.15) is 5.75 Å². The van der Waals surface area contributed by atoms with Gasteiger partial charge in [-0.3, -0.25) is 4.79 Å². The van der Waals surface area contributed by atoms with Crippen LogP contribution in [0.15, 0.2) is 48.5 Å². The first kappa shape index (κ1) is 18.1. The molecule has 0 atom stereocenters. The summed E-state index contributed by atoms with van der Waals surface area (Å²) in [5, 5.41) is 6.46. The number of benzene rings is 2. The summed E-state index contributed by atoms with van der Waals surface area (Å²) in [5.74, 6) is 0.0708. The van der Waals surface area contributed by atoms with Gasteiger partial charge >= 0.3 is 6.61 Å². The normalized spacial score (nSPS) is 14.8. The fraction of sp³-hybridized carbons (Fsp3) is 0.316. The molecule has 0 aromatic heterocycles. The van der Waals surface area contributed by atoms with Crippen LogP contribution >= 0.6 is 0 Å². The van der Waals surface area contributed by atoms with Crippen LogP contribution in [-0.2, 0) is 0 Å². The Kier molecular flexibility index (Phi) is 6.01. The molecule has 0 radical (unpaired) electrons. The number of carbonyl (C=O) groups excluding carboxylic acids is 1. The van der Waals surface area contributed by atoms with E-state index in [4.69, 9.17) is 0 Å². The number of carbonyl (C=O) groups is 1. The lowest BCUT2D eigenvalue weighted by Crippen LogP contribution is -2.34. The van der Waals surface area contributed by atoms with E-state index in [0.717, 1.165) is 26.1 Å². The number of ether oxygens (including phenoxy) is 1. The molecule has 1 saturated heterocycles. The molecule has 1 fully saturated rings. The van der Waals surface area contributed by atoms with Gasteiger partial charge in [-0.1, -0.05) is 12.1 Å². The number of rotatable bonds is 5. The minimum Gasteiger partial charge on any atom is -0.435 e. The average molecular weight is 361 g/mol. The fourth-order valence-electron chi connectivity index (χ4n) is 2.87. The van der Waals surface area contributed by atoms with Crippen LogP contribution in [0.1, 0.15) is 16.8 Å². The SMILES string of the molecule is O=C(c1ccccc1Nc1ccc(OC(F)F)cc1)N1CCCNCC1. The van der Waals surface area contributed by atoms with E-state index < -0.39 is 6.61 Å². The van der Waals surface area contributed by atoms with Crippen LogP contribution in [0.25, 0.3) is 0 Å². The Morgan fingerprint density at radius 3 is 2.62 bits per heavy atom. The van der Waals surface area contributed by atoms with Gasteiger partial charge < -0.3 is 20.3 Å². The van der Waals surface area contributed by atoms with E-state index in [1.807, 2.05) is 23.1 Å². The highest BCUT2D eigenvalue weighted by molar-refractivity contribution is 6.00. The van der Waals surface area contributed by atoms with Gasteiger partial charge in [-0.15, -0.1) is 0 Å². The van der Waals surface area contributed by atoms with Gasteiger partial charge in [0.25, 0.3) is 5.91 Å². The Labute approximate surface area is 151 Å². The zero-order valence-electron chi connectivity index (χ0n) is 14.3. The second-order valence-electron chi connectivity index (χ2n) is 5.97. The molecule has 26 heavy (non-hydrogen) atoms. The molecule has 0 spiro atoms. The topological polar surface area (TPSA) is 53.6 Å². The highest BCUT2D eigenvalue weighted by Gasteiger charge is 2.19. The van der Waals surface area contributed by atoms with Crippen molar-refractivity contribution in [2.75, 3.05) is 31.5 Å². The third kappa shape index (κ3) is 4.70. The molecule has 138 valence electrons. The van der Waals surface area contributed by atoms with Crippen molar-refractivity contribution in [2.24, 2.45) is 0 Å². The Morgan fingerprint density at radius 1 is 1.08 bits per heavy atom. The number of nitrogens with one attached hydrogen (secondary N) is 2. The third-order valence-electron chi connectivity index (χ3n) is 4.14. The first-order valence-corrected chi connectivity index (χ1v) is 8.54. The van der Waals surface area contributed by atoms with Crippen molar-refractivity contribution in [1.82, 2.24) is 10.2 Å². The number of anilines is 2. The van der Waals surface area contributed by atoms with Crippen LogP contribution in [0, 0.1) is 0 Å². The Bertz CT molecular complexity index is 730. The van der Waals surface area contributed by atoms with Crippen LogP contribution in [0.3, 0.4) is 0 Å². The summed E-state index contributed by atoms with van der Waals surface area (Å²) in [6, 6.07) is 13.5. The molecular weight excluding hydrogens is 340 g/mol. The minimum absolute atomic E-state index is 0.0190. The monoisotopic (exact) mass is 361 g/mol. The summed E-state index contributed by atoms with van der Waals surface area (Å²) < 4.78 is 28.8. The zero-order valence-corrected chi connectivity index (χ0v) is 14.3. The van der Waals surface area contributed by atoms with E-state index in [-0.39, 0.29) is 11.7 Å².